The highest BCUT2D eigenvalue weighted by Crippen LogP contribution is 2.47. The lowest BCUT2D eigenvalue weighted by Crippen LogP contribution is -2.40. The average Bonchev–Trinajstić information content (AvgIpc) is 2.88. The molecule has 1 unspecified atom stereocenters. The van der Waals surface area contributed by atoms with Crippen LogP contribution >= 0.6 is 0 Å². The molecule has 2 aliphatic rings. The van der Waals surface area contributed by atoms with Crippen LogP contribution in [-0.2, 0) is 20.7 Å². The van der Waals surface area contributed by atoms with Crippen LogP contribution in [0.15, 0.2) is 23.8 Å². The molecular formula is C17H18O4. The topological polar surface area (TPSA) is 52.6 Å². The van der Waals surface area contributed by atoms with Gasteiger partial charge in [-0.2, -0.15) is 0 Å². The maximum absolute atomic E-state index is 12.8. The second-order valence-electron chi connectivity index (χ2n) is 5.81. The Kier molecular flexibility index (Phi) is 3.12. The number of carbonyl (C=O) groups is 2. The monoisotopic (exact) mass is 286 g/mol. The third-order valence-corrected chi connectivity index (χ3v) is 4.66. The van der Waals surface area contributed by atoms with Gasteiger partial charge in [-0.25, -0.2) is 0 Å². The summed E-state index contributed by atoms with van der Waals surface area (Å²) in [6.45, 7) is 1.69. The van der Waals surface area contributed by atoms with Crippen molar-refractivity contribution < 1.29 is 19.1 Å². The summed E-state index contributed by atoms with van der Waals surface area (Å²) >= 11 is 0. The van der Waals surface area contributed by atoms with E-state index in [0.29, 0.717) is 12.8 Å². The van der Waals surface area contributed by atoms with E-state index in [2.05, 4.69) is 0 Å². The number of hydrogen-bond donors (Lipinski definition) is 0. The van der Waals surface area contributed by atoms with Crippen LogP contribution in [-0.4, -0.2) is 26.0 Å². The van der Waals surface area contributed by atoms with Crippen molar-refractivity contribution in [2.24, 2.45) is 5.41 Å². The summed E-state index contributed by atoms with van der Waals surface area (Å²) in [7, 11) is 2.96. The summed E-state index contributed by atoms with van der Waals surface area (Å²) in [5.74, 6) is 0.259. The van der Waals surface area contributed by atoms with Gasteiger partial charge in [-0.3, -0.25) is 9.59 Å². The zero-order valence-electron chi connectivity index (χ0n) is 12.5. The number of ketones is 1. The van der Waals surface area contributed by atoms with Gasteiger partial charge >= 0.3 is 5.97 Å². The summed E-state index contributed by atoms with van der Waals surface area (Å²) < 4.78 is 10.1. The van der Waals surface area contributed by atoms with Gasteiger partial charge < -0.3 is 9.47 Å². The number of hydrogen-bond acceptors (Lipinski definition) is 4. The Morgan fingerprint density at radius 3 is 2.67 bits per heavy atom. The molecule has 21 heavy (non-hydrogen) atoms. The summed E-state index contributed by atoms with van der Waals surface area (Å²) in [4.78, 5) is 24.7. The fraction of sp³-hybridized carbons (Fsp3) is 0.412. The van der Waals surface area contributed by atoms with Crippen molar-refractivity contribution in [2.75, 3.05) is 14.2 Å². The third kappa shape index (κ3) is 1.89. The SMILES string of the molecule is COC(=O)C1(C)CCC2=C(Cc3cc(OC)ccc32)C1=O. The lowest BCUT2D eigenvalue weighted by molar-refractivity contribution is -0.156. The molecule has 2 aliphatic carbocycles. The van der Waals surface area contributed by atoms with Crippen LogP contribution in [0, 0.1) is 5.41 Å². The van der Waals surface area contributed by atoms with Crippen molar-refractivity contribution in [1.29, 1.82) is 0 Å². The van der Waals surface area contributed by atoms with Gasteiger partial charge in [0.15, 0.2) is 5.78 Å². The number of carbonyl (C=O) groups excluding carboxylic acids is 2. The van der Waals surface area contributed by atoms with E-state index in [-0.39, 0.29) is 5.78 Å². The van der Waals surface area contributed by atoms with Gasteiger partial charge in [-0.1, -0.05) is 6.07 Å². The van der Waals surface area contributed by atoms with Crippen molar-refractivity contribution in [2.45, 2.75) is 26.2 Å². The molecule has 1 aromatic rings. The smallest absolute Gasteiger partial charge is 0.319 e. The molecule has 0 spiro atoms. The minimum Gasteiger partial charge on any atom is -0.497 e. The summed E-state index contributed by atoms with van der Waals surface area (Å²) in [5.41, 5.74) is 3.02. The number of allylic oxidation sites excluding steroid dienone is 2. The van der Waals surface area contributed by atoms with Gasteiger partial charge in [0.2, 0.25) is 0 Å². The highest BCUT2D eigenvalue weighted by Gasteiger charge is 2.48. The van der Waals surface area contributed by atoms with Gasteiger partial charge in [-0.15, -0.1) is 0 Å². The van der Waals surface area contributed by atoms with Crippen LogP contribution in [0.1, 0.15) is 30.9 Å². The Hall–Kier alpha value is -2.10. The number of esters is 1. The fourth-order valence-corrected chi connectivity index (χ4v) is 3.34. The van der Waals surface area contributed by atoms with Crippen molar-refractivity contribution in [3.05, 3.63) is 34.9 Å². The van der Waals surface area contributed by atoms with Crippen molar-refractivity contribution in [1.82, 2.24) is 0 Å². The fourth-order valence-electron chi connectivity index (χ4n) is 3.34. The van der Waals surface area contributed by atoms with Crippen molar-refractivity contribution >= 4 is 17.3 Å². The van der Waals surface area contributed by atoms with Crippen LogP contribution in [0.5, 0.6) is 5.75 Å². The van der Waals surface area contributed by atoms with E-state index in [1.54, 1.807) is 14.0 Å². The number of benzene rings is 1. The standard InChI is InChI=1S/C17H18O4/c1-17(16(19)21-3)7-6-13-12-5-4-11(20-2)8-10(12)9-14(13)15(17)18/h4-5,8H,6-7,9H2,1-3H3. The van der Waals surface area contributed by atoms with Crippen LogP contribution in [0.2, 0.25) is 0 Å². The molecular weight excluding hydrogens is 268 g/mol. The molecule has 0 N–H and O–H groups in total. The van der Waals surface area contributed by atoms with Crippen molar-refractivity contribution in [3.63, 3.8) is 0 Å². The molecule has 0 bridgehead atoms. The first kappa shape index (κ1) is 13.9. The number of rotatable bonds is 2. The summed E-state index contributed by atoms with van der Waals surface area (Å²) in [6, 6.07) is 5.88. The molecule has 0 amide bonds. The Morgan fingerprint density at radius 2 is 2.00 bits per heavy atom. The second-order valence-corrected chi connectivity index (χ2v) is 5.81. The Bertz CT molecular complexity index is 671. The number of ether oxygens (including phenoxy) is 2. The van der Waals surface area contributed by atoms with E-state index in [1.807, 2.05) is 18.2 Å². The molecule has 110 valence electrons. The largest absolute Gasteiger partial charge is 0.497 e. The average molecular weight is 286 g/mol. The zero-order valence-corrected chi connectivity index (χ0v) is 12.5. The van der Waals surface area contributed by atoms with Crippen LogP contribution < -0.4 is 4.74 Å². The molecule has 0 aromatic heterocycles. The van der Waals surface area contributed by atoms with E-state index in [0.717, 1.165) is 34.4 Å². The van der Waals surface area contributed by atoms with E-state index >= 15 is 0 Å². The molecule has 4 heteroatoms. The van der Waals surface area contributed by atoms with E-state index < -0.39 is 11.4 Å². The second kappa shape index (κ2) is 4.72. The van der Waals surface area contributed by atoms with E-state index in [9.17, 15) is 9.59 Å². The van der Waals surface area contributed by atoms with Gasteiger partial charge in [0, 0.05) is 12.0 Å². The molecule has 4 nitrogen and oxygen atoms in total. The molecule has 0 saturated carbocycles. The quantitative estimate of drug-likeness (QED) is 0.619. The van der Waals surface area contributed by atoms with Crippen LogP contribution in [0.4, 0.5) is 0 Å². The van der Waals surface area contributed by atoms with Crippen LogP contribution in [0.3, 0.4) is 0 Å². The number of Topliss-reactive ketones (excluding diaryl/α,β-unsaturated/α-hetero) is 1. The Labute approximate surface area is 123 Å². The van der Waals surface area contributed by atoms with Gasteiger partial charge in [-0.05, 0) is 48.6 Å². The number of fused-ring (bicyclic) bond motifs is 2. The predicted octanol–water partition coefficient (Wildman–Crippen LogP) is 2.55. The molecule has 0 fully saturated rings. The first-order valence-electron chi connectivity index (χ1n) is 7.04. The van der Waals surface area contributed by atoms with Crippen LogP contribution in [0.25, 0.3) is 5.57 Å². The molecule has 1 atom stereocenters. The van der Waals surface area contributed by atoms with E-state index in [1.165, 1.54) is 7.11 Å². The third-order valence-electron chi connectivity index (χ3n) is 4.66. The maximum atomic E-state index is 12.8. The minimum atomic E-state index is -1.04. The lowest BCUT2D eigenvalue weighted by atomic mass is 9.72. The lowest BCUT2D eigenvalue weighted by Gasteiger charge is -2.30. The number of methoxy groups -OCH3 is 2. The predicted molar refractivity (Wildman–Crippen MR) is 78.0 cm³/mol. The van der Waals surface area contributed by atoms with Gasteiger partial charge in [0.25, 0.3) is 0 Å². The normalized spacial score (nSPS) is 23.7. The summed E-state index contributed by atoms with van der Waals surface area (Å²) in [5, 5.41) is 0. The molecule has 3 rings (SSSR count). The maximum Gasteiger partial charge on any atom is 0.319 e. The molecule has 0 saturated heterocycles. The first-order chi connectivity index (χ1) is 10.0. The molecule has 1 aromatic carbocycles. The van der Waals surface area contributed by atoms with Crippen molar-refractivity contribution in [3.8, 4) is 5.75 Å². The zero-order chi connectivity index (χ0) is 15.2. The summed E-state index contributed by atoms with van der Waals surface area (Å²) in [6.07, 6.45) is 1.81. The molecule has 0 radical (unpaired) electrons. The van der Waals surface area contributed by atoms with E-state index in [4.69, 9.17) is 9.47 Å². The van der Waals surface area contributed by atoms with Gasteiger partial charge in [0.1, 0.15) is 11.2 Å². The minimum absolute atomic E-state index is 0.0919. The highest BCUT2D eigenvalue weighted by atomic mass is 16.5. The Balaban J connectivity index is 2.00. The molecule has 0 heterocycles. The van der Waals surface area contributed by atoms with Gasteiger partial charge in [0.05, 0.1) is 14.2 Å². The molecule has 0 aliphatic heterocycles. The highest BCUT2D eigenvalue weighted by molar-refractivity contribution is 6.17. The first-order valence-corrected chi connectivity index (χ1v) is 7.04. The Morgan fingerprint density at radius 1 is 1.24 bits per heavy atom.